The van der Waals surface area contributed by atoms with Crippen molar-refractivity contribution in [2.45, 2.75) is 6.92 Å². The second-order valence-electron chi connectivity index (χ2n) is 3.74. The molecule has 1 N–H and O–H groups in total. The van der Waals surface area contributed by atoms with Gasteiger partial charge in [0.2, 0.25) is 0 Å². The summed E-state index contributed by atoms with van der Waals surface area (Å²) in [5.41, 5.74) is 0.416. The zero-order valence-electron chi connectivity index (χ0n) is 9.75. The van der Waals surface area contributed by atoms with E-state index in [0.29, 0.717) is 5.69 Å². The highest BCUT2D eigenvalue weighted by molar-refractivity contribution is 9.10. The van der Waals surface area contributed by atoms with Crippen LogP contribution in [0.5, 0.6) is 0 Å². The maximum atomic E-state index is 13.5. The Morgan fingerprint density at radius 1 is 1.21 bits per heavy atom. The number of halogens is 3. The first-order valence-electron chi connectivity index (χ1n) is 5.22. The van der Waals surface area contributed by atoms with Crippen LogP contribution in [0.4, 0.5) is 14.5 Å². The van der Waals surface area contributed by atoms with Gasteiger partial charge in [0.05, 0.1) is 22.1 Å². The van der Waals surface area contributed by atoms with Crippen LogP contribution in [0.1, 0.15) is 16.2 Å². The third-order valence-corrected chi connectivity index (χ3v) is 2.88. The zero-order valence-corrected chi connectivity index (χ0v) is 11.3. The van der Waals surface area contributed by atoms with Gasteiger partial charge < -0.3 is 5.32 Å². The molecule has 4 nitrogen and oxygen atoms in total. The minimum Gasteiger partial charge on any atom is -0.318 e. The number of amides is 1. The highest BCUT2D eigenvalue weighted by Crippen LogP contribution is 2.23. The fourth-order valence-electron chi connectivity index (χ4n) is 1.31. The predicted octanol–water partition coefficient (Wildman–Crippen LogP) is 3.08. The molecule has 2 aromatic rings. The summed E-state index contributed by atoms with van der Waals surface area (Å²) in [5, 5.41) is 2.24. The van der Waals surface area contributed by atoms with Gasteiger partial charge in [-0.15, -0.1) is 0 Å². The summed E-state index contributed by atoms with van der Waals surface area (Å²) in [7, 11) is 0. The molecule has 1 aromatic carbocycles. The van der Waals surface area contributed by atoms with E-state index < -0.39 is 17.5 Å². The van der Waals surface area contributed by atoms with E-state index >= 15 is 0 Å². The van der Waals surface area contributed by atoms with Gasteiger partial charge in [-0.2, -0.15) is 0 Å². The summed E-state index contributed by atoms with van der Waals surface area (Å²) >= 11 is 2.85. The number of carbonyl (C=O) groups excluding carboxylic acids is 1. The predicted molar refractivity (Wildman–Crippen MR) is 68.8 cm³/mol. The fourth-order valence-corrected chi connectivity index (χ4v) is 1.63. The van der Waals surface area contributed by atoms with Gasteiger partial charge in [-0.05, 0) is 28.9 Å². The number of aromatic nitrogens is 2. The van der Waals surface area contributed by atoms with Gasteiger partial charge in [-0.1, -0.05) is 0 Å². The fraction of sp³-hybridized carbons (Fsp3) is 0.0833. The largest absolute Gasteiger partial charge is 0.318 e. The van der Waals surface area contributed by atoms with Crippen molar-refractivity contribution in [3.05, 3.63) is 52.0 Å². The molecule has 0 radical (unpaired) electrons. The Morgan fingerprint density at radius 2 is 1.95 bits per heavy atom. The zero-order chi connectivity index (χ0) is 14.0. The van der Waals surface area contributed by atoms with Crippen LogP contribution in [0.15, 0.2) is 29.0 Å². The summed E-state index contributed by atoms with van der Waals surface area (Å²) in [6.07, 6.45) is 2.67. The molecule has 1 amide bonds. The Bertz CT molecular complexity index is 632. The number of hydrogen-bond donors (Lipinski definition) is 1. The summed E-state index contributed by atoms with van der Waals surface area (Å²) in [4.78, 5) is 19.5. The van der Waals surface area contributed by atoms with E-state index in [4.69, 9.17) is 0 Å². The third-order valence-electron chi connectivity index (χ3n) is 2.27. The van der Waals surface area contributed by atoms with Crippen molar-refractivity contribution in [1.29, 1.82) is 0 Å². The minimum atomic E-state index is -0.748. The average molecular weight is 328 g/mol. The van der Waals surface area contributed by atoms with Gasteiger partial charge in [0.25, 0.3) is 5.91 Å². The van der Waals surface area contributed by atoms with Gasteiger partial charge in [-0.3, -0.25) is 9.78 Å². The molecule has 0 aliphatic rings. The first-order chi connectivity index (χ1) is 8.97. The van der Waals surface area contributed by atoms with E-state index in [-0.39, 0.29) is 15.9 Å². The van der Waals surface area contributed by atoms with Crippen LogP contribution in [0.2, 0.25) is 0 Å². The summed E-state index contributed by atoms with van der Waals surface area (Å²) < 4.78 is 26.8. The van der Waals surface area contributed by atoms with Crippen LogP contribution < -0.4 is 5.32 Å². The Morgan fingerprint density at radius 3 is 2.58 bits per heavy atom. The Kier molecular flexibility index (Phi) is 3.84. The van der Waals surface area contributed by atoms with Gasteiger partial charge in [-0.25, -0.2) is 13.8 Å². The molecule has 19 heavy (non-hydrogen) atoms. The molecule has 1 heterocycles. The molecule has 7 heteroatoms. The van der Waals surface area contributed by atoms with E-state index in [1.165, 1.54) is 12.4 Å². The number of hydrogen-bond acceptors (Lipinski definition) is 3. The molecule has 0 atom stereocenters. The highest BCUT2D eigenvalue weighted by Gasteiger charge is 2.13. The lowest BCUT2D eigenvalue weighted by Crippen LogP contribution is -2.15. The van der Waals surface area contributed by atoms with Crippen molar-refractivity contribution < 1.29 is 13.6 Å². The SMILES string of the molecule is Cc1cnc(C(=O)Nc2cc(F)c(Br)cc2F)cn1. The normalized spacial score (nSPS) is 10.3. The molecule has 1 aromatic heterocycles. The number of carbonyl (C=O) groups is 1. The van der Waals surface area contributed by atoms with Crippen molar-refractivity contribution in [3.8, 4) is 0 Å². The van der Waals surface area contributed by atoms with Crippen molar-refractivity contribution in [2.75, 3.05) is 5.32 Å². The Balaban J connectivity index is 2.24. The number of anilines is 1. The second-order valence-corrected chi connectivity index (χ2v) is 4.60. The average Bonchev–Trinajstić information content (AvgIpc) is 2.36. The molecule has 0 fully saturated rings. The number of benzene rings is 1. The topological polar surface area (TPSA) is 54.9 Å². The molecule has 0 unspecified atom stereocenters. The van der Waals surface area contributed by atoms with Crippen molar-refractivity contribution in [1.82, 2.24) is 9.97 Å². The lowest BCUT2D eigenvalue weighted by Gasteiger charge is -2.07. The van der Waals surface area contributed by atoms with Gasteiger partial charge in [0.1, 0.15) is 17.3 Å². The number of aryl methyl sites for hydroxylation is 1. The third kappa shape index (κ3) is 3.11. The molecule has 0 aliphatic carbocycles. The van der Waals surface area contributed by atoms with Crippen LogP contribution in [-0.4, -0.2) is 15.9 Å². The van der Waals surface area contributed by atoms with E-state index in [1.54, 1.807) is 6.92 Å². The van der Waals surface area contributed by atoms with Crippen LogP contribution in [0.3, 0.4) is 0 Å². The molecule has 0 saturated carbocycles. The summed E-state index contributed by atoms with van der Waals surface area (Å²) in [6.45, 7) is 1.72. The molecule has 2 rings (SSSR count). The Hall–Kier alpha value is -1.89. The minimum absolute atomic E-state index is 0.0156. The standard InChI is InChI=1S/C12H8BrF2N3O/c1-6-4-17-11(5-16-6)12(19)18-10-3-8(14)7(13)2-9(10)15/h2-5H,1H3,(H,18,19). The molecule has 98 valence electrons. The number of nitrogens with zero attached hydrogens (tertiary/aromatic N) is 2. The summed E-state index contributed by atoms with van der Waals surface area (Å²) in [6, 6.07) is 1.82. The molecule has 0 aliphatic heterocycles. The quantitative estimate of drug-likeness (QED) is 0.862. The van der Waals surface area contributed by atoms with Crippen molar-refractivity contribution in [2.24, 2.45) is 0 Å². The van der Waals surface area contributed by atoms with Crippen LogP contribution in [-0.2, 0) is 0 Å². The van der Waals surface area contributed by atoms with Crippen molar-refractivity contribution in [3.63, 3.8) is 0 Å². The molecule has 0 bridgehead atoms. The smallest absolute Gasteiger partial charge is 0.275 e. The highest BCUT2D eigenvalue weighted by atomic mass is 79.9. The molecule has 0 spiro atoms. The molecule has 0 saturated heterocycles. The van der Waals surface area contributed by atoms with E-state index in [9.17, 15) is 13.6 Å². The van der Waals surface area contributed by atoms with E-state index in [1.807, 2.05) is 0 Å². The second kappa shape index (κ2) is 5.40. The first-order valence-corrected chi connectivity index (χ1v) is 6.01. The number of rotatable bonds is 2. The van der Waals surface area contributed by atoms with E-state index in [0.717, 1.165) is 12.1 Å². The maximum Gasteiger partial charge on any atom is 0.275 e. The van der Waals surface area contributed by atoms with Gasteiger partial charge >= 0.3 is 0 Å². The maximum absolute atomic E-state index is 13.5. The first kappa shape index (κ1) is 13.5. The van der Waals surface area contributed by atoms with Gasteiger partial charge in [0, 0.05) is 12.3 Å². The van der Waals surface area contributed by atoms with Crippen LogP contribution in [0.25, 0.3) is 0 Å². The van der Waals surface area contributed by atoms with Crippen LogP contribution >= 0.6 is 15.9 Å². The van der Waals surface area contributed by atoms with Crippen molar-refractivity contribution >= 4 is 27.5 Å². The Labute approximate surface area is 116 Å². The summed E-state index contributed by atoms with van der Waals surface area (Å²) in [5.74, 6) is -2.08. The molecular weight excluding hydrogens is 320 g/mol. The van der Waals surface area contributed by atoms with Crippen LogP contribution in [0, 0.1) is 18.6 Å². The lowest BCUT2D eigenvalue weighted by atomic mass is 10.3. The van der Waals surface area contributed by atoms with Gasteiger partial charge in [0.15, 0.2) is 0 Å². The number of nitrogens with one attached hydrogen (secondary N) is 1. The van der Waals surface area contributed by atoms with E-state index in [2.05, 4.69) is 31.2 Å². The lowest BCUT2D eigenvalue weighted by molar-refractivity contribution is 0.102. The molecular formula is C12H8BrF2N3O. The monoisotopic (exact) mass is 327 g/mol.